The molecular weight excluding hydrogens is 317 g/mol. The van der Waals surface area contributed by atoms with Gasteiger partial charge in [0.1, 0.15) is 11.5 Å². The predicted octanol–water partition coefficient (Wildman–Crippen LogP) is 4.83. The maximum Gasteiger partial charge on any atom is 0.274 e. The summed E-state index contributed by atoms with van der Waals surface area (Å²) in [5.74, 6) is -0.800. The average molecular weight is 335 g/mol. The first-order chi connectivity index (χ1) is 12.0. The molecule has 126 valence electrons. The van der Waals surface area contributed by atoms with Crippen LogP contribution in [0.1, 0.15) is 21.6 Å². The second kappa shape index (κ2) is 7.13. The van der Waals surface area contributed by atoms with Crippen LogP contribution in [0.5, 0.6) is 0 Å². The average Bonchev–Trinajstić information content (AvgIpc) is 2.58. The lowest BCUT2D eigenvalue weighted by atomic mass is 10.1. The number of aromatic nitrogens is 1. The number of aryl methyl sites for hydroxylation is 2. The maximum absolute atomic E-state index is 13.2. The van der Waals surface area contributed by atoms with E-state index in [-0.39, 0.29) is 5.69 Å². The van der Waals surface area contributed by atoms with Gasteiger partial charge in [0, 0.05) is 23.3 Å². The molecule has 1 heterocycles. The van der Waals surface area contributed by atoms with E-state index in [1.165, 1.54) is 23.8 Å². The van der Waals surface area contributed by atoms with Crippen molar-refractivity contribution in [2.75, 3.05) is 10.6 Å². The number of rotatable bonds is 4. The number of hydrogen-bond donors (Lipinski definition) is 2. The molecule has 0 saturated heterocycles. The van der Waals surface area contributed by atoms with Crippen molar-refractivity contribution in [1.82, 2.24) is 4.98 Å². The number of amides is 1. The molecule has 0 aliphatic rings. The van der Waals surface area contributed by atoms with Crippen LogP contribution in [0.25, 0.3) is 0 Å². The first-order valence-electron chi connectivity index (χ1n) is 7.88. The Morgan fingerprint density at radius 2 is 1.84 bits per heavy atom. The van der Waals surface area contributed by atoms with E-state index in [2.05, 4.69) is 21.7 Å². The van der Waals surface area contributed by atoms with Crippen molar-refractivity contribution >= 4 is 23.0 Å². The second-order valence-electron chi connectivity index (χ2n) is 5.84. The van der Waals surface area contributed by atoms with Crippen LogP contribution in [0, 0.1) is 19.7 Å². The molecule has 3 aromatic rings. The van der Waals surface area contributed by atoms with Crippen molar-refractivity contribution in [3.8, 4) is 0 Å². The van der Waals surface area contributed by atoms with Crippen LogP contribution in [0.15, 0.2) is 60.8 Å². The van der Waals surface area contributed by atoms with Gasteiger partial charge >= 0.3 is 0 Å². The zero-order valence-electron chi connectivity index (χ0n) is 14.0. The largest absolute Gasteiger partial charge is 0.355 e. The minimum absolute atomic E-state index is 0.249. The number of halogens is 1. The summed E-state index contributed by atoms with van der Waals surface area (Å²) in [6.07, 6.45) is 1.56. The van der Waals surface area contributed by atoms with E-state index < -0.39 is 11.7 Å². The monoisotopic (exact) mass is 335 g/mol. The molecule has 1 aromatic heterocycles. The number of nitrogens with one attached hydrogen (secondary N) is 2. The fourth-order valence-corrected chi connectivity index (χ4v) is 2.50. The van der Waals surface area contributed by atoms with Crippen molar-refractivity contribution in [3.63, 3.8) is 0 Å². The molecule has 0 unspecified atom stereocenters. The van der Waals surface area contributed by atoms with Crippen LogP contribution in [-0.4, -0.2) is 10.9 Å². The van der Waals surface area contributed by atoms with Gasteiger partial charge in [-0.05, 0) is 55.8 Å². The van der Waals surface area contributed by atoms with Gasteiger partial charge in [0.2, 0.25) is 0 Å². The number of carbonyl (C=O) groups excluding carboxylic acids is 1. The number of pyridine rings is 1. The first-order valence-corrected chi connectivity index (χ1v) is 7.88. The van der Waals surface area contributed by atoms with Crippen LogP contribution < -0.4 is 10.6 Å². The van der Waals surface area contributed by atoms with Crippen LogP contribution >= 0.6 is 0 Å². The Balaban J connectivity index is 1.77. The van der Waals surface area contributed by atoms with Crippen LogP contribution in [0.3, 0.4) is 0 Å². The standard InChI is InChI=1S/C20H18FN3O/c1-13-6-7-18(14(2)10-13)23-17-8-9-22-19(12-17)20(25)24-16-5-3-4-15(21)11-16/h3-12H,1-2H3,(H,22,23)(H,24,25). The van der Waals surface area contributed by atoms with Gasteiger partial charge in [-0.15, -0.1) is 0 Å². The Hall–Kier alpha value is -3.21. The second-order valence-corrected chi connectivity index (χ2v) is 5.84. The zero-order chi connectivity index (χ0) is 17.8. The number of benzene rings is 2. The highest BCUT2D eigenvalue weighted by molar-refractivity contribution is 6.03. The summed E-state index contributed by atoms with van der Waals surface area (Å²) in [5.41, 5.74) is 4.66. The lowest BCUT2D eigenvalue weighted by Gasteiger charge is -2.11. The Kier molecular flexibility index (Phi) is 4.75. The number of hydrogen-bond acceptors (Lipinski definition) is 3. The molecule has 25 heavy (non-hydrogen) atoms. The maximum atomic E-state index is 13.2. The lowest BCUT2D eigenvalue weighted by molar-refractivity contribution is 0.102. The Morgan fingerprint density at radius 3 is 2.60 bits per heavy atom. The van der Waals surface area contributed by atoms with E-state index in [9.17, 15) is 9.18 Å². The van der Waals surface area contributed by atoms with Gasteiger partial charge in [0.15, 0.2) is 0 Å². The summed E-state index contributed by atoms with van der Waals surface area (Å²) in [5, 5.41) is 5.93. The third-order valence-corrected chi connectivity index (χ3v) is 3.74. The molecule has 3 rings (SSSR count). The smallest absolute Gasteiger partial charge is 0.274 e. The van der Waals surface area contributed by atoms with Crippen molar-refractivity contribution in [2.24, 2.45) is 0 Å². The minimum Gasteiger partial charge on any atom is -0.355 e. The van der Waals surface area contributed by atoms with E-state index in [1.54, 1.807) is 24.4 Å². The SMILES string of the molecule is Cc1ccc(Nc2ccnc(C(=O)Nc3cccc(F)c3)c2)c(C)c1. The highest BCUT2D eigenvalue weighted by Gasteiger charge is 2.09. The molecule has 2 aromatic carbocycles. The van der Waals surface area contributed by atoms with E-state index >= 15 is 0 Å². The molecule has 4 nitrogen and oxygen atoms in total. The van der Waals surface area contributed by atoms with Crippen LogP contribution in [0.4, 0.5) is 21.5 Å². The minimum atomic E-state index is -0.406. The van der Waals surface area contributed by atoms with E-state index in [1.807, 2.05) is 26.0 Å². The van der Waals surface area contributed by atoms with Crippen molar-refractivity contribution in [3.05, 3.63) is 83.4 Å². The molecule has 0 fully saturated rings. The highest BCUT2D eigenvalue weighted by Crippen LogP contribution is 2.22. The summed E-state index contributed by atoms with van der Waals surface area (Å²) >= 11 is 0. The van der Waals surface area contributed by atoms with Gasteiger partial charge in [0.25, 0.3) is 5.91 Å². The van der Waals surface area contributed by atoms with Gasteiger partial charge < -0.3 is 10.6 Å². The van der Waals surface area contributed by atoms with Crippen molar-refractivity contribution < 1.29 is 9.18 Å². The summed E-state index contributed by atoms with van der Waals surface area (Å²) in [6.45, 7) is 4.06. The highest BCUT2D eigenvalue weighted by atomic mass is 19.1. The molecule has 0 radical (unpaired) electrons. The molecule has 5 heteroatoms. The zero-order valence-corrected chi connectivity index (χ0v) is 14.0. The van der Waals surface area contributed by atoms with Crippen molar-refractivity contribution in [1.29, 1.82) is 0 Å². The Bertz CT molecular complexity index is 924. The van der Waals surface area contributed by atoms with Gasteiger partial charge in [0.05, 0.1) is 0 Å². The third-order valence-electron chi connectivity index (χ3n) is 3.74. The summed E-state index contributed by atoms with van der Waals surface area (Å²) in [7, 11) is 0. The predicted molar refractivity (Wildman–Crippen MR) is 97.8 cm³/mol. The number of carbonyl (C=O) groups is 1. The lowest BCUT2D eigenvalue weighted by Crippen LogP contribution is -2.14. The molecule has 0 atom stereocenters. The Labute approximate surface area is 145 Å². The van der Waals surface area contributed by atoms with Gasteiger partial charge in [-0.1, -0.05) is 23.8 Å². The van der Waals surface area contributed by atoms with Crippen molar-refractivity contribution in [2.45, 2.75) is 13.8 Å². The van der Waals surface area contributed by atoms with Crippen LogP contribution in [-0.2, 0) is 0 Å². The number of anilines is 3. The summed E-state index contributed by atoms with van der Waals surface area (Å²) in [6, 6.07) is 15.3. The quantitative estimate of drug-likeness (QED) is 0.718. The number of nitrogens with zero attached hydrogens (tertiary/aromatic N) is 1. The molecule has 0 aliphatic heterocycles. The van der Waals surface area contributed by atoms with Gasteiger partial charge in [-0.25, -0.2) is 4.39 Å². The molecule has 0 spiro atoms. The molecule has 2 N–H and O–H groups in total. The van der Waals surface area contributed by atoms with Crippen LogP contribution in [0.2, 0.25) is 0 Å². The molecule has 0 saturated carbocycles. The molecule has 0 aliphatic carbocycles. The Morgan fingerprint density at radius 1 is 1.00 bits per heavy atom. The van der Waals surface area contributed by atoms with Gasteiger partial charge in [-0.2, -0.15) is 0 Å². The van der Waals surface area contributed by atoms with E-state index in [0.29, 0.717) is 5.69 Å². The summed E-state index contributed by atoms with van der Waals surface area (Å²) < 4.78 is 13.2. The third kappa shape index (κ3) is 4.20. The van der Waals surface area contributed by atoms with Gasteiger partial charge in [-0.3, -0.25) is 9.78 Å². The molecule has 1 amide bonds. The fraction of sp³-hybridized carbons (Fsp3) is 0.100. The first kappa shape index (κ1) is 16.6. The molecular formula is C20H18FN3O. The van der Waals surface area contributed by atoms with E-state index in [0.717, 1.165) is 16.9 Å². The topological polar surface area (TPSA) is 54.0 Å². The summed E-state index contributed by atoms with van der Waals surface area (Å²) in [4.78, 5) is 16.4. The fourth-order valence-electron chi connectivity index (χ4n) is 2.50. The molecule has 0 bridgehead atoms. The normalized spacial score (nSPS) is 10.4. The van der Waals surface area contributed by atoms with E-state index in [4.69, 9.17) is 0 Å².